The fourth-order valence-corrected chi connectivity index (χ4v) is 1.92. The maximum atomic E-state index is 13.0. The first-order chi connectivity index (χ1) is 7.98. The number of nitrogens with one attached hydrogen (secondary N) is 1. The Labute approximate surface area is 98.6 Å². The van der Waals surface area contributed by atoms with Crippen LogP contribution in [0.2, 0.25) is 0 Å². The summed E-state index contributed by atoms with van der Waals surface area (Å²) in [6, 6.07) is 3.73. The SMILES string of the molecule is NC1(CC(=O)Nc2ccc(O)c(F)c2)CCC1. The molecule has 1 fully saturated rings. The van der Waals surface area contributed by atoms with Crippen molar-refractivity contribution in [3.05, 3.63) is 24.0 Å². The van der Waals surface area contributed by atoms with Crippen molar-refractivity contribution in [2.75, 3.05) is 5.32 Å². The van der Waals surface area contributed by atoms with Gasteiger partial charge in [-0.3, -0.25) is 4.79 Å². The van der Waals surface area contributed by atoms with E-state index in [0.717, 1.165) is 25.3 Å². The van der Waals surface area contributed by atoms with Crippen molar-refractivity contribution in [3.63, 3.8) is 0 Å². The normalized spacial score (nSPS) is 17.3. The summed E-state index contributed by atoms with van der Waals surface area (Å²) in [5.41, 5.74) is 5.87. The topological polar surface area (TPSA) is 75.4 Å². The monoisotopic (exact) mass is 238 g/mol. The van der Waals surface area contributed by atoms with Gasteiger partial charge in [-0.15, -0.1) is 0 Å². The highest BCUT2D eigenvalue weighted by atomic mass is 19.1. The van der Waals surface area contributed by atoms with Crippen LogP contribution in [-0.2, 0) is 4.79 Å². The first kappa shape index (κ1) is 11.9. The maximum absolute atomic E-state index is 13.0. The van der Waals surface area contributed by atoms with E-state index in [2.05, 4.69) is 5.32 Å². The lowest BCUT2D eigenvalue weighted by atomic mass is 9.75. The Morgan fingerprint density at radius 2 is 2.24 bits per heavy atom. The second kappa shape index (κ2) is 4.33. The molecule has 0 heterocycles. The van der Waals surface area contributed by atoms with Crippen molar-refractivity contribution >= 4 is 11.6 Å². The lowest BCUT2D eigenvalue weighted by Crippen LogP contribution is -2.48. The van der Waals surface area contributed by atoms with E-state index >= 15 is 0 Å². The third-order valence-corrected chi connectivity index (χ3v) is 3.09. The van der Waals surface area contributed by atoms with Crippen LogP contribution in [0.3, 0.4) is 0 Å². The van der Waals surface area contributed by atoms with Gasteiger partial charge < -0.3 is 16.2 Å². The van der Waals surface area contributed by atoms with Crippen LogP contribution >= 0.6 is 0 Å². The summed E-state index contributed by atoms with van der Waals surface area (Å²) >= 11 is 0. The van der Waals surface area contributed by atoms with E-state index in [1.807, 2.05) is 0 Å². The average Bonchev–Trinajstić information content (AvgIpc) is 2.21. The van der Waals surface area contributed by atoms with E-state index < -0.39 is 11.6 Å². The second-order valence-corrected chi connectivity index (χ2v) is 4.61. The quantitative estimate of drug-likeness (QED) is 0.702. The van der Waals surface area contributed by atoms with Crippen LogP contribution in [0.5, 0.6) is 5.75 Å². The fourth-order valence-electron chi connectivity index (χ4n) is 1.92. The molecular weight excluding hydrogens is 223 g/mol. The van der Waals surface area contributed by atoms with Crippen LogP contribution < -0.4 is 11.1 Å². The molecule has 1 saturated carbocycles. The number of phenolic OH excluding ortho intramolecular Hbond substituents is 1. The Bertz CT molecular complexity index is 444. The van der Waals surface area contributed by atoms with Crippen LogP contribution in [0.15, 0.2) is 18.2 Å². The molecule has 5 heteroatoms. The summed E-state index contributed by atoms with van der Waals surface area (Å²) in [6.07, 6.45) is 3.00. The summed E-state index contributed by atoms with van der Waals surface area (Å²) in [7, 11) is 0. The minimum absolute atomic E-state index is 0.225. The number of hydrogen-bond acceptors (Lipinski definition) is 3. The summed E-state index contributed by atoms with van der Waals surface area (Å²) in [6.45, 7) is 0. The molecule has 1 amide bonds. The number of nitrogens with two attached hydrogens (primary N) is 1. The Hall–Kier alpha value is -1.62. The van der Waals surface area contributed by atoms with Crippen molar-refractivity contribution in [1.29, 1.82) is 0 Å². The zero-order valence-corrected chi connectivity index (χ0v) is 9.37. The Morgan fingerprint density at radius 3 is 2.76 bits per heavy atom. The highest BCUT2D eigenvalue weighted by molar-refractivity contribution is 5.91. The smallest absolute Gasteiger partial charge is 0.226 e. The van der Waals surface area contributed by atoms with Gasteiger partial charge >= 0.3 is 0 Å². The zero-order valence-electron chi connectivity index (χ0n) is 9.37. The summed E-state index contributed by atoms with van der Waals surface area (Å²) in [4.78, 5) is 11.6. The molecule has 1 aliphatic rings. The third-order valence-electron chi connectivity index (χ3n) is 3.09. The van der Waals surface area contributed by atoms with E-state index in [9.17, 15) is 9.18 Å². The first-order valence-corrected chi connectivity index (χ1v) is 5.56. The Morgan fingerprint density at radius 1 is 1.53 bits per heavy atom. The van der Waals surface area contributed by atoms with Crippen LogP contribution in [0.4, 0.5) is 10.1 Å². The molecular formula is C12H15FN2O2. The predicted octanol–water partition coefficient (Wildman–Crippen LogP) is 1.74. The van der Waals surface area contributed by atoms with Crippen molar-refractivity contribution in [2.24, 2.45) is 5.73 Å². The number of anilines is 1. The minimum Gasteiger partial charge on any atom is -0.505 e. The molecule has 1 aromatic rings. The molecule has 0 spiro atoms. The standard InChI is InChI=1S/C12H15FN2O2/c13-9-6-8(2-3-10(9)16)15-11(17)7-12(14)4-1-5-12/h2-3,6,16H,1,4-5,7,14H2,(H,15,17). The summed E-state index contributed by atoms with van der Waals surface area (Å²) in [5.74, 6) is -1.41. The van der Waals surface area contributed by atoms with E-state index in [1.54, 1.807) is 0 Å². The molecule has 17 heavy (non-hydrogen) atoms. The molecule has 1 aromatic carbocycles. The molecule has 2 rings (SSSR count). The number of carbonyl (C=O) groups is 1. The second-order valence-electron chi connectivity index (χ2n) is 4.61. The molecule has 4 nitrogen and oxygen atoms in total. The maximum Gasteiger partial charge on any atom is 0.226 e. The van der Waals surface area contributed by atoms with E-state index in [0.29, 0.717) is 5.69 Å². The molecule has 0 aromatic heterocycles. The molecule has 0 bridgehead atoms. The van der Waals surface area contributed by atoms with Crippen LogP contribution in [0.1, 0.15) is 25.7 Å². The number of halogens is 1. The van der Waals surface area contributed by atoms with Gasteiger partial charge in [0, 0.05) is 23.7 Å². The summed E-state index contributed by atoms with van der Waals surface area (Å²) < 4.78 is 13.0. The summed E-state index contributed by atoms with van der Waals surface area (Å²) in [5, 5.41) is 11.6. The third kappa shape index (κ3) is 2.74. The molecule has 0 saturated heterocycles. The van der Waals surface area contributed by atoms with Gasteiger partial charge in [-0.1, -0.05) is 0 Å². The van der Waals surface area contributed by atoms with Gasteiger partial charge in [0.2, 0.25) is 5.91 Å². The van der Waals surface area contributed by atoms with E-state index in [-0.39, 0.29) is 17.9 Å². The zero-order chi connectivity index (χ0) is 12.5. The van der Waals surface area contributed by atoms with E-state index in [4.69, 9.17) is 10.8 Å². The Kier molecular flexibility index (Phi) is 3.02. The van der Waals surface area contributed by atoms with Crippen molar-refractivity contribution in [1.82, 2.24) is 0 Å². The number of aromatic hydroxyl groups is 1. The van der Waals surface area contributed by atoms with Gasteiger partial charge in [0.25, 0.3) is 0 Å². The highest BCUT2D eigenvalue weighted by Crippen LogP contribution is 2.32. The molecule has 0 aliphatic heterocycles. The molecule has 4 N–H and O–H groups in total. The average molecular weight is 238 g/mol. The van der Waals surface area contributed by atoms with Crippen molar-refractivity contribution in [3.8, 4) is 5.75 Å². The van der Waals surface area contributed by atoms with Crippen LogP contribution in [0.25, 0.3) is 0 Å². The lowest BCUT2D eigenvalue weighted by Gasteiger charge is -2.37. The first-order valence-electron chi connectivity index (χ1n) is 5.56. The van der Waals surface area contributed by atoms with Crippen molar-refractivity contribution < 1.29 is 14.3 Å². The van der Waals surface area contributed by atoms with E-state index in [1.165, 1.54) is 12.1 Å². The molecule has 1 aliphatic carbocycles. The molecule has 0 unspecified atom stereocenters. The molecule has 92 valence electrons. The number of phenols is 1. The molecule has 0 atom stereocenters. The number of benzene rings is 1. The Balaban J connectivity index is 1.95. The number of hydrogen-bond donors (Lipinski definition) is 3. The fraction of sp³-hybridized carbons (Fsp3) is 0.417. The number of rotatable bonds is 3. The highest BCUT2D eigenvalue weighted by Gasteiger charge is 2.34. The van der Waals surface area contributed by atoms with Crippen LogP contribution in [-0.4, -0.2) is 16.6 Å². The van der Waals surface area contributed by atoms with Gasteiger partial charge in [0.05, 0.1) is 0 Å². The lowest BCUT2D eigenvalue weighted by molar-refractivity contribution is -0.118. The minimum atomic E-state index is -0.756. The largest absolute Gasteiger partial charge is 0.505 e. The van der Waals surface area contributed by atoms with Crippen LogP contribution in [0, 0.1) is 5.82 Å². The van der Waals surface area contributed by atoms with Gasteiger partial charge in [0.15, 0.2) is 11.6 Å². The van der Waals surface area contributed by atoms with Crippen molar-refractivity contribution in [2.45, 2.75) is 31.2 Å². The predicted molar refractivity (Wildman–Crippen MR) is 62.1 cm³/mol. The van der Waals surface area contributed by atoms with Gasteiger partial charge in [-0.05, 0) is 31.4 Å². The van der Waals surface area contributed by atoms with Gasteiger partial charge in [-0.2, -0.15) is 0 Å². The van der Waals surface area contributed by atoms with Gasteiger partial charge in [-0.25, -0.2) is 4.39 Å². The number of carbonyl (C=O) groups excluding carboxylic acids is 1. The van der Waals surface area contributed by atoms with Gasteiger partial charge in [0.1, 0.15) is 0 Å². The molecule has 0 radical (unpaired) electrons. The number of amides is 1.